The molecule has 0 spiro atoms. The number of aryl methyl sites for hydroxylation is 1. The summed E-state index contributed by atoms with van der Waals surface area (Å²) in [5, 5.41) is 14.0. The van der Waals surface area contributed by atoms with Gasteiger partial charge >= 0.3 is 12.0 Å². The van der Waals surface area contributed by atoms with Gasteiger partial charge in [0.25, 0.3) is 5.91 Å². The van der Waals surface area contributed by atoms with Crippen LogP contribution >= 0.6 is 0 Å². The van der Waals surface area contributed by atoms with Crippen molar-refractivity contribution in [3.8, 4) is 0 Å². The molecule has 0 saturated carbocycles. The Morgan fingerprint density at radius 1 is 1.11 bits per heavy atom. The van der Waals surface area contributed by atoms with Crippen LogP contribution in [0.4, 0.5) is 16.2 Å². The van der Waals surface area contributed by atoms with Gasteiger partial charge in [-0.25, -0.2) is 14.5 Å². The zero-order chi connectivity index (χ0) is 20.4. The monoisotopic (exact) mass is 379 g/mol. The van der Waals surface area contributed by atoms with Gasteiger partial charge in [-0.3, -0.25) is 14.9 Å². The second-order valence-corrected chi connectivity index (χ2v) is 6.22. The average molecular weight is 379 g/mol. The van der Waals surface area contributed by atoms with Crippen LogP contribution in [0.3, 0.4) is 0 Å². The third kappa shape index (κ3) is 3.48. The van der Waals surface area contributed by atoms with E-state index < -0.39 is 29.7 Å². The number of anilines is 2. The highest BCUT2D eigenvalue weighted by Gasteiger charge is 2.43. The van der Waals surface area contributed by atoms with E-state index in [9.17, 15) is 19.2 Å². The number of nitrogens with zero attached hydrogens (tertiary/aromatic N) is 1. The van der Waals surface area contributed by atoms with Crippen molar-refractivity contribution in [1.29, 1.82) is 0 Å². The van der Waals surface area contributed by atoms with Gasteiger partial charge in [0.2, 0.25) is 5.91 Å². The molecule has 1 saturated heterocycles. The molecule has 1 aliphatic heterocycles. The number of carboxylic acid groups (broad SMARTS) is 1. The number of nitrogens with one attached hydrogen (secondary N) is 2. The van der Waals surface area contributed by atoms with Crippen molar-refractivity contribution in [3.63, 3.8) is 0 Å². The maximum atomic E-state index is 12.9. The molecule has 2 aromatic carbocycles. The van der Waals surface area contributed by atoms with E-state index in [2.05, 4.69) is 17.2 Å². The number of carboxylic acids is 1. The molecule has 142 valence electrons. The number of hydrogen-bond acceptors (Lipinski definition) is 5. The Morgan fingerprint density at radius 2 is 1.75 bits per heavy atom. The lowest BCUT2D eigenvalue weighted by Crippen LogP contribution is -2.59. The molecule has 1 heterocycles. The number of amides is 4. The van der Waals surface area contributed by atoms with Gasteiger partial charge in [0.05, 0.1) is 11.3 Å². The Morgan fingerprint density at radius 3 is 2.36 bits per heavy atom. The normalized spacial score (nSPS) is 16.5. The quantitative estimate of drug-likeness (QED) is 0.688. The molecule has 0 radical (unpaired) electrons. The summed E-state index contributed by atoms with van der Waals surface area (Å²) in [6.45, 7) is 5.51. The number of rotatable bonds is 5. The summed E-state index contributed by atoms with van der Waals surface area (Å²) in [7, 11) is 0. The van der Waals surface area contributed by atoms with Crippen molar-refractivity contribution in [2.75, 3.05) is 10.2 Å². The van der Waals surface area contributed by atoms with Gasteiger partial charge in [-0.2, -0.15) is 0 Å². The van der Waals surface area contributed by atoms with Gasteiger partial charge in [-0.05, 0) is 42.8 Å². The molecule has 2 aromatic rings. The minimum atomic E-state index is -1.32. The molecule has 0 aromatic heterocycles. The third-order valence-electron chi connectivity index (χ3n) is 4.30. The fraction of sp³-hybridized carbons (Fsp3) is 0.100. The standard InChI is InChI=1S/C20H17N3O5/c1-11-5-3-4-6-15(11)23-18(25)16(17(24)22-20(23)28)12(2)21-14-9-7-13(8-10-14)19(26)27/h3-10,16,21H,2H2,1H3,(H,26,27)(H,22,24,28)/t16-/m1/s1. The van der Waals surface area contributed by atoms with Crippen LogP contribution in [0.5, 0.6) is 0 Å². The zero-order valence-corrected chi connectivity index (χ0v) is 14.9. The van der Waals surface area contributed by atoms with Gasteiger partial charge in [0, 0.05) is 11.4 Å². The Bertz CT molecular complexity index is 997. The lowest BCUT2D eigenvalue weighted by Gasteiger charge is -2.32. The SMILES string of the molecule is C=C(Nc1ccc(C(=O)O)cc1)[C@@H]1C(=O)NC(=O)N(c2ccccc2C)C1=O. The zero-order valence-electron chi connectivity index (χ0n) is 14.9. The molecule has 8 heteroatoms. The van der Waals surface area contributed by atoms with Crippen molar-refractivity contribution < 1.29 is 24.3 Å². The Hall–Kier alpha value is -3.94. The van der Waals surface area contributed by atoms with Crippen LogP contribution in [0.2, 0.25) is 0 Å². The van der Waals surface area contributed by atoms with Crippen molar-refractivity contribution in [1.82, 2.24) is 5.32 Å². The maximum absolute atomic E-state index is 12.9. The Balaban J connectivity index is 1.85. The Kier molecular flexibility index (Phi) is 4.95. The molecule has 3 N–H and O–H groups in total. The van der Waals surface area contributed by atoms with Gasteiger partial charge in [-0.15, -0.1) is 0 Å². The topological polar surface area (TPSA) is 116 Å². The van der Waals surface area contributed by atoms with Gasteiger partial charge < -0.3 is 10.4 Å². The summed E-state index contributed by atoms with van der Waals surface area (Å²) < 4.78 is 0. The summed E-state index contributed by atoms with van der Waals surface area (Å²) in [5.41, 5.74) is 1.69. The highest BCUT2D eigenvalue weighted by molar-refractivity contribution is 6.29. The van der Waals surface area contributed by atoms with Gasteiger partial charge in [0.15, 0.2) is 5.92 Å². The number of carbonyl (C=O) groups excluding carboxylic acids is 3. The smallest absolute Gasteiger partial charge is 0.335 e. The van der Waals surface area contributed by atoms with Crippen LogP contribution < -0.4 is 15.5 Å². The number of barbiturate groups is 1. The molecule has 3 rings (SSSR count). The molecular weight excluding hydrogens is 362 g/mol. The summed E-state index contributed by atoms with van der Waals surface area (Å²) in [5.74, 6) is -3.89. The maximum Gasteiger partial charge on any atom is 0.335 e. The van der Waals surface area contributed by atoms with E-state index in [4.69, 9.17) is 5.11 Å². The van der Waals surface area contributed by atoms with Crippen LogP contribution in [0.1, 0.15) is 15.9 Å². The van der Waals surface area contributed by atoms with Crippen molar-refractivity contribution >= 4 is 35.2 Å². The minimum Gasteiger partial charge on any atom is -0.478 e. The highest BCUT2D eigenvalue weighted by Crippen LogP contribution is 2.27. The summed E-state index contributed by atoms with van der Waals surface area (Å²) in [4.78, 5) is 49.3. The van der Waals surface area contributed by atoms with Gasteiger partial charge in [0.1, 0.15) is 0 Å². The molecule has 4 amide bonds. The second-order valence-electron chi connectivity index (χ2n) is 6.22. The summed E-state index contributed by atoms with van der Waals surface area (Å²) in [6.07, 6.45) is 0. The number of aromatic carboxylic acids is 1. The van der Waals surface area contributed by atoms with Crippen LogP contribution in [0, 0.1) is 12.8 Å². The van der Waals surface area contributed by atoms with Crippen LogP contribution in [-0.4, -0.2) is 28.9 Å². The molecule has 28 heavy (non-hydrogen) atoms. The van der Waals surface area contributed by atoms with Crippen LogP contribution in [-0.2, 0) is 9.59 Å². The van der Waals surface area contributed by atoms with E-state index in [-0.39, 0.29) is 11.3 Å². The predicted molar refractivity (Wildman–Crippen MR) is 102 cm³/mol. The largest absolute Gasteiger partial charge is 0.478 e. The van der Waals surface area contributed by atoms with E-state index >= 15 is 0 Å². The number of carbonyl (C=O) groups is 4. The van der Waals surface area contributed by atoms with E-state index in [1.165, 1.54) is 24.3 Å². The fourth-order valence-electron chi connectivity index (χ4n) is 2.88. The van der Waals surface area contributed by atoms with Crippen molar-refractivity contribution in [3.05, 3.63) is 71.9 Å². The van der Waals surface area contributed by atoms with Gasteiger partial charge in [-0.1, -0.05) is 24.8 Å². The number of imide groups is 2. The van der Waals surface area contributed by atoms with E-state index in [1.54, 1.807) is 31.2 Å². The average Bonchev–Trinajstić information content (AvgIpc) is 2.63. The van der Waals surface area contributed by atoms with E-state index in [1.807, 2.05) is 0 Å². The summed E-state index contributed by atoms with van der Waals surface area (Å²) >= 11 is 0. The number of para-hydroxylation sites is 1. The molecule has 8 nitrogen and oxygen atoms in total. The predicted octanol–water partition coefficient (Wildman–Crippen LogP) is 2.52. The third-order valence-corrected chi connectivity index (χ3v) is 4.30. The molecule has 1 fully saturated rings. The first-order valence-corrected chi connectivity index (χ1v) is 8.33. The van der Waals surface area contributed by atoms with Crippen LogP contribution in [0.25, 0.3) is 0 Å². The second kappa shape index (κ2) is 7.36. The molecule has 0 unspecified atom stereocenters. The molecule has 0 bridgehead atoms. The minimum absolute atomic E-state index is 0.0664. The first-order valence-electron chi connectivity index (χ1n) is 8.33. The molecule has 1 atom stereocenters. The first kappa shape index (κ1) is 18.8. The first-order chi connectivity index (χ1) is 13.3. The lowest BCUT2D eigenvalue weighted by atomic mass is 9.99. The van der Waals surface area contributed by atoms with E-state index in [0.29, 0.717) is 16.9 Å². The Labute approximate surface area is 160 Å². The number of benzene rings is 2. The summed E-state index contributed by atoms with van der Waals surface area (Å²) in [6, 6.07) is 11.7. The molecular formula is C20H17N3O5. The fourth-order valence-corrected chi connectivity index (χ4v) is 2.88. The number of urea groups is 1. The van der Waals surface area contributed by atoms with Crippen molar-refractivity contribution in [2.45, 2.75) is 6.92 Å². The molecule has 0 aliphatic carbocycles. The van der Waals surface area contributed by atoms with Crippen molar-refractivity contribution in [2.24, 2.45) is 5.92 Å². The lowest BCUT2D eigenvalue weighted by molar-refractivity contribution is -0.132. The van der Waals surface area contributed by atoms with E-state index in [0.717, 1.165) is 4.90 Å². The number of hydrogen-bond donors (Lipinski definition) is 3. The van der Waals surface area contributed by atoms with Crippen LogP contribution in [0.15, 0.2) is 60.8 Å². The highest BCUT2D eigenvalue weighted by atomic mass is 16.4. The molecule has 1 aliphatic rings.